The molecule has 2 aliphatic rings. The van der Waals surface area contributed by atoms with Gasteiger partial charge in [-0.1, -0.05) is 41.9 Å². The number of ether oxygens (including phenoxy) is 1. The zero-order chi connectivity index (χ0) is 21.2. The van der Waals surface area contributed by atoms with Crippen LogP contribution >= 0.6 is 23.4 Å². The predicted octanol–water partition coefficient (Wildman–Crippen LogP) is 4.50. The van der Waals surface area contributed by atoms with Gasteiger partial charge < -0.3 is 9.64 Å². The molecular weight excluding hydrogens is 432 g/mol. The molecule has 8 heteroatoms. The van der Waals surface area contributed by atoms with Crippen LogP contribution in [-0.2, 0) is 9.53 Å². The lowest BCUT2D eigenvalue weighted by Gasteiger charge is -2.27. The van der Waals surface area contributed by atoms with E-state index in [0.29, 0.717) is 23.1 Å². The van der Waals surface area contributed by atoms with Crippen molar-refractivity contribution < 1.29 is 9.53 Å². The van der Waals surface area contributed by atoms with Crippen molar-refractivity contribution in [3.8, 4) is 16.9 Å². The van der Waals surface area contributed by atoms with Gasteiger partial charge in [-0.2, -0.15) is 10.1 Å². The third-order valence-electron chi connectivity index (χ3n) is 5.06. The molecule has 1 aromatic heterocycles. The largest absolute Gasteiger partial charge is 0.378 e. The summed E-state index contributed by atoms with van der Waals surface area (Å²) in [6.07, 6.45) is 3.81. The quantitative estimate of drug-likeness (QED) is 0.550. The zero-order valence-electron chi connectivity index (χ0n) is 16.6. The number of morpholine rings is 1. The number of thioether (sulfide) groups is 1. The highest BCUT2D eigenvalue weighted by Gasteiger charge is 2.27. The molecule has 5 rings (SSSR count). The van der Waals surface area contributed by atoms with Gasteiger partial charge in [-0.05, 0) is 42.1 Å². The van der Waals surface area contributed by atoms with Crippen molar-refractivity contribution in [2.24, 2.45) is 4.99 Å². The van der Waals surface area contributed by atoms with Gasteiger partial charge in [-0.15, -0.1) is 0 Å². The number of carbonyl (C=O) groups is 1. The first-order valence-corrected chi connectivity index (χ1v) is 11.1. The Labute approximate surface area is 189 Å². The minimum Gasteiger partial charge on any atom is -0.378 e. The van der Waals surface area contributed by atoms with Crippen molar-refractivity contribution in [1.29, 1.82) is 0 Å². The van der Waals surface area contributed by atoms with Gasteiger partial charge in [0.15, 0.2) is 5.17 Å². The number of rotatable bonds is 3. The van der Waals surface area contributed by atoms with Crippen LogP contribution in [-0.4, -0.2) is 52.1 Å². The van der Waals surface area contributed by atoms with E-state index in [4.69, 9.17) is 21.4 Å². The van der Waals surface area contributed by atoms with Crippen molar-refractivity contribution in [2.75, 3.05) is 26.3 Å². The molecule has 0 bridgehead atoms. The average molecular weight is 451 g/mol. The molecular formula is C23H19ClN4O2S. The van der Waals surface area contributed by atoms with Crippen molar-refractivity contribution in [2.45, 2.75) is 0 Å². The number of benzene rings is 2. The Hall–Kier alpha value is -2.87. The molecule has 3 heterocycles. The Morgan fingerprint density at radius 2 is 1.77 bits per heavy atom. The molecule has 0 atom stereocenters. The zero-order valence-corrected chi connectivity index (χ0v) is 18.1. The van der Waals surface area contributed by atoms with Gasteiger partial charge in [0, 0.05) is 35.4 Å². The second-order valence-corrected chi connectivity index (χ2v) is 8.58. The van der Waals surface area contributed by atoms with Crippen molar-refractivity contribution in [3.63, 3.8) is 0 Å². The maximum atomic E-state index is 12.6. The fraction of sp³-hybridized carbons (Fsp3) is 0.174. The number of hydrogen-bond acceptors (Lipinski definition) is 5. The summed E-state index contributed by atoms with van der Waals surface area (Å²) in [6, 6.07) is 17.4. The lowest BCUT2D eigenvalue weighted by atomic mass is 10.1. The number of nitrogens with zero attached hydrogens (tertiary/aromatic N) is 4. The van der Waals surface area contributed by atoms with E-state index in [-0.39, 0.29) is 5.91 Å². The number of amidine groups is 1. The second-order valence-electron chi connectivity index (χ2n) is 7.13. The van der Waals surface area contributed by atoms with Crippen LogP contribution in [0.2, 0.25) is 5.02 Å². The van der Waals surface area contributed by atoms with E-state index in [1.54, 1.807) is 0 Å². The van der Waals surface area contributed by atoms with Gasteiger partial charge >= 0.3 is 0 Å². The highest BCUT2D eigenvalue weighted by Crippen LogP contribution is 2.33. The lowest BCUT2D eigenvalue weighted by molar-refractivity contribution is -0.113. The molecule has 0 radical (unpaired) electrons. The molecule has 0 spiro atoms. The number of aromatic nitrogens is 2. The fourth-order valence-corrected chi connectivity index (χ4v) is 4.55. The first-order valence-electron chi connectivity index (χ1n) is 9.94. The molecule has 0 saturated carbocycles. The van der Waals surface area contributed by atoms with Crippen LogP contribution in [0.3, 0.4) is 0 Å². The molecule has 2 aromatic carbocycles. The van der Waals surface area contributed by atoms with Gasteiger partial charge in [-0.25, -0.2) is 4.68 Å². The fourth-order valence-electron chi connectivity index (χ4n) is 3.47. The van der Waals surface area contributed by atoms with Gasteiger partial charge in [0.05, 0.1) is 29.5 Å². The van der Waals surface area contributed by atoms with Crippen molar-refractivity contribution >= 4 is 40.5 Å². The highest BCUT2D eigenvalue weighted by atomic mass is 35.5. The van der Waals surface area contributed by atoms with E-state index in [2.05, 4.69) is 9.89 Å². The topological polar surface area (TPSA) is 59.7 Å². The van der Waals surface area contributed by atoms with Crippen LogP contribution in [0.15, 0.2) is 70.7 Å². The van der Waals surface area contributed by atoms with Crippen LogP contribution < -0.4 is 0 Å². The van der Waals surface area contributed by atoms with Crippen LogP contribution in [0, 0.1) is 0 Å². The van der Waals surface area contributed by atoms with Crippen LogP contribution in [0.25, 0.3) is 23.0 Å². The Morgan fingerprint density at radius 1 is 1.03 bits per heavy atom. The van der Waals surface area contributed by atoms with Crippen LogP contribution in [0.5, 0.6) is 0 Å². The summed E-state index contributed by atoms with van der Waals surface area (Å²) in [4.78, 5) is 19.6. The van der Waals surface area contributed by atoms with E-state index >= 15 is 0 Å². The molecule has 31 heavy (non-hydrogen) atoms. The molecule has 6 nitrogen and oxygen atoms in total. The maximum Gasteiger partial charge on any atom is 0.286 e. The number of aliphatic imine (C=N–C) groups is 1. The monoisotopic (exact) mass is 450 g/mol. The number of hydrogen-bond donors (Lipinski definition) is 0. The Balaban J connectivity index is 1.51. The summed E-state index contributed by atoms with van der Waals surface area (Å²) in [5.74, 6) is -0.221. The minimum atomic E-state index is -0.221. The van der Waals surface area contributed by atoms with Gasteiger partial charge in [0.2, 0.25) is 0 Å². The second kappa shape index (κ2) is 8.70. The average Bonchev–Trinajstić information content (AvgIpc) is 3.40. The summed E-state index contributed by atoms with van der Waals surface area (Å²) in [5.41, 5.74) is 3.50. The summed E-state index contributed by atoms with van der Waals surface area (Å²) in [5, 5.41) is 6.20. The first kappa shape index (κ1) is 20.1. The summed E-state index contributed by atoms with van der Waals surface area (Å²) in [6.45, 7) is 2.79. The van der Waals surface area contributed by atoms with Crippen LogP contribution in [0.4, 0.5) is 0 Å². The van der Waals surface area contributed by atoms with E-state index in [9.17, 15) is 4.79 Å². The molecule has 0 N–H and O–H groups in total. The molecule has 2 aliphatic heterocycles. The number of amides is 1. The Morgan fingerprint density at radius 3 is 2.52 bits per heavy atom. The molecule has 156 valence electrons. The van der Waals surface area contributed by atoms with Crippen molar-refractivity contribution in [3.05, 3.63) is 76.3 Å². The van der Waals surface area contributed by atoms with Gasteiger partial charge in [-0.3, -0.25) is 4.79 Å². The summed E-state index contributed by atoms with van der Waals surface area (Å²) < 4.78 is 7.22. The SMILES string of the molecule is O=C1N=C(N2CCOCC2)SC1=Cc1cn(-c2ccccc2)nc1-c1ccc(Cl)cc1. The lowest BCUT2D eigenvalue weighted by Crippen LogP contribution is -2.38. The smallest absolute Gasteiger partial charge is 0.286 e. The van der Waals surface area contributed by atoms with Crippen molar-refractivity contribution in [1.82, 2.24) is 14.7 Å². The van der Waals surface area contributed by atoms with Crippen LogP contribution in [0.1, 0.15) is 5.56 Å². The molecule has 3 aromatic rings. The normalized spacial score (nSPS) is 18.0. The summed E-state index contributed by atoms with van der Waals surface area (Å²) >= 11 is 7.48. The standard InChI is InChI=1S/C23H19ClN4O2S/c24-18-8-6-16(7-9-18)21-17(15-28(26-21)19-4-2-1-3-5-19)14-20-22(29)25-23(31-20)27-10-12-30-13-11-27/h1-9,14-15H,10-13H2. The molecule has 0 unspecified atom stereocenters. The molecule has 1 amide bonds. The summed E-state index contributed by atoms with van der Waals surface area (Å²) in [7, 11) is 0. The Bertz CT molecular complexity index is 1170. The molecule has 0 aliphatic carbocycles. The minimum absolute atomic E-state index is 0.221. The van der Waals surface area contributed by atoms with E-state index in [1.807, 2.05) is 71.6 Å². The number of carbonyl (C=O) groups excluding carboxylic acids is 1. The van der Waals surface area contributed by atoms with Gasteiger partial charge in [0.1, 0.15) is 0 Å². The maximum absolute atomic E-state index is 12.6. The molecule has 1 fully saturated rings. The Kier molecular flexibility index (Phi) is 5.63. The third-order valence-corrected chi connectivity index (χ3v) is 6.35. The third kappa shape index (κ3) is 4.30. The van der Waals surface area contributed by atoms with E-state index in [1.165, 1.54) is 11.8 Å². The first-order chi connectivity index (χ1) is 15.2. The molecule has 1 saturated heterocycles. The predicted molar refractivity (Wildman–Crippen MR) is 124 cm³/mol. The highest BCUT2D eigenvalue weighted by molar-refractivity contribution is 8.18. The van der Waals surface area contributed by atoms with Gasteiger partial charge in [0.25, 0.3) is 5.91 Å². The van der Waals surface area contributed by atoms with E-state index in [0.717, 1.165) is 40.8 Å². The van der Waals surface area contributed by atoms with E-state index < -0.39 is 0 Å². The number of para-hydroxylation sites is 1. The number of halogens is 1.